The molecule has 0 aliphatic carbocycles. The molecule has 6 heteroatoms. The van der Waals surface area contributed by atoms with Crippen molar-refractivity contribution in [3.63, 3.8) is 0 Å². The molecule has 210 valence electrons. The summed E-state index contributed by atoms with van der Waals surface area (Å²) in [5.74, 6) is 1.05. The standard InChI is InChI=1S/C33H39ClN2O.2ClH/c34-32-10-4-9-28(22-32)25-35-18-14-26(15-19-35)8-5-11-33(37)31-13-12-29-16-20-36(21-17-30(29)23-31)24-27-6-2-1-3-7-27;;/h1-4,6-7,9-10,12-13,22-23,26H,5,8,11,14-21,24-25H2;2*1H. The van der Waals surface area contributed by atoms with Gasteiger partial charge < -0.3 is 0 Å². The van der Waals surface area contributed by atoms with Gasteiger partial charge in [-0.2, -0.15) is 0 Å². The SMILES string of the molecule is Cl.Cl.O=C(CCCC1CCN(Cc2cccc(Cl)c2)CC1)c1ccc2c(c1)CCN(Cc1ccccc1)CC2. The highest BCUT2D eigenvalue weighted by Crippen LogP contribution is 2.25. The first-order valence-corrected chi connectivity index (χ1v) is 14.4. The van der Waals surface area contributed by atoms with Crippen LogP contribution in [0.3, 0.4) is 0 Å². The molecule has 0 bridgehead atoms. The molecule has 0 atom stereocenters. The number of carbonyl (C=O) groups is 1. The minimum absolute atomic E-state index is 0. The van der Waals surface area contributed by atoms with E-state index >= 15 is 0 Å². The van der Waals surface area contributed by atoms with E-state index in [1.165, 1.54) is 35.1 Å². The summed E-state index contributed by atoms with van der Waals surface area (Å²) in [4.78, 5) is 18.1. The lowest BCUT2D eigenvalue weighted by Gasteiger charge is -2.32. The molecule has 1 saturated heterocycles. The highest BCUT2D eigenvalue weighted by atomic mass is 35.5. The Balaban J connectivity index is 0.00000210. The van der Waals surface area contributed by atoms with Crippen LogP contribution in [-0.2, 0) is 25.9 Å². The summed E-state index contributed by atoms with van der Waals surface area (Å²) in [6, 6.07) is 25.4. The lowest BCUT2D eigenvalue weighted by Crippen LogP contribution is -2.33. The smallest absolute Gasteiger partial charge is 0.162 e. The number of benzene rings is 3. The average molecular weight is 588 g/mol. The molecule has 2 heterocycles. The van der Waals surface area contributed by atoms with Crippen molar-refractivity contribution in [3.8, 4) is 0 Å². The van der Waals surface area contributed by atoms with E-state index < -0.39 is 0 Å². The van der Waals surface area contributed by atoms with Gasteiger partial charge in [-0.15, -0.1) is 24.8 Å². The van der Waals surface area contributed by atoms with Crippen LogP contribution < -0.4 is 0 Å². The molecule has 3 nitrogen and oxygen atoms in total. The van der Waals surface area contributed by atoms with Crippen LogP contribution in [0.2, 0.25) is 5.02 Å². The van der Waals surface area contributed by atoms with Gasteiger partial charge in [0, 0.05) is 43.2 Å². The topological polar surface area (TPSA) is 23.6 Å². The zero-order valence-electron chi connectivity index (χ0n) is 22.7. The van der Waals surface area contributed by atoms with Gasteiger partial charge in [0.25, 0.3) is 0 Å². The van der Waals surface area contributed by atoms with Crippen molar-refractivity contribution in [2.45, 2.75) is 58.0 Å². The summed E-state index contributed by atoms with van der Waals surface area (Å²) in [6.07, 6.45) is 7.38. The third-order valence-electron chi connectivity index (χ3n) is 8.19. The van der Waals surface area contributed by atoms with Gasteiger partial charge in [0.1, 0.15) is 0 Å². The zero-order chi connectivity index (χ0) is 25.5. The van der Waals surface area contributed by atoms with Crippen LogP contribution in [-0.4, -0.2) is 41.8 Å². The highest BCUT2D eigenvalue weighted by Gasteiger charge is 2.20. The molecule has 0 amide bonds. The molecule has 1 fully saturated rings. The number of fused-ring (bicyclic) bond motifs is 1. The third-order valence-corrected chi connectivity index (χ3v) is 8.43. The molecule has 0 radical (unpaired) electrons. The first kappa shape index (κ1) is 31.6. The summed E-state index contributed by atoms with van der Waals surface area (Å²) >= 11 is 6.14. The quantitative estimate of drug-likeness (QED) is 0.237. The Morgan fingerprint density at radius 2 is 1.41 bits per heavy atom. The van der Waals surface area contributed by atoms with Crippen molar-refractivity contribution in [2.75, 3.05) is 26.2 Å². The van der Waals surface area contributed by atoms with Crippen LogP contribution in [0, 0.1) is 5.92 Å². The average Bonchev–Trinajstić information content (AvgIpc) is 3.12. The van der Waals surface area contributed by atoms with Gasteiger partial charge in [0.2, 0.25) is 0 Å². The van der Waals surface area contributed by atoms with Gasteiger partial charge in [-0.1, -0.05) is 66.2 Å². The highest BCUT2D eigenvalue weighted by molar-refractivity contribution is 6.30. The number of rotatable bonds is 9. The van der Waals surface area contributed by atoms with Crippen molar-refractivity contribution in [3.05, 3.63) is 106 Å². The minimum Gasteiger partial charge on any atom is -0.299 e. The van der Waals surface area contributed by atoms with Crippen LogP contribution in [0.15, 0.2) is 72.8 Å². The number of Topliss-reactive ketones (excluding diaryl/α,β-unsaturated/α-hetero) is 1. The van der Waals surface area contributed by atoms with Crippen LogP contribution in [0.5, 0.6) is 0 Å². The van der Waals surface area contributed by atoms with E-state index in [4.69, 9.17) is 11.6 Å². The maximum Gasteiger partial charge on any atom is 0.162 e. The van der Waals surface area contributed by atoms with E-state index in [2.05, 4.69) is 70.5 Å². The maximum absolute atomic E-state index is 13.0. The Kier molecular flexibility index (Phi) is 12.8. The van der Waals surface area contributed by atoms with E-state index in [1.54, 1.807) is 0 Å². The van der Waals surface area contributed by atoms with Crippen molar-refractivity contribution in [1.82, 2.24) is 9.80 Å². The lowest BCUT2D eigenvalue weighted by molar-refractivity contribution is 0.0974. The summed E-state index contributed by atoms with van der Waals surface area (Å²) < 4.78 is 0. The number of piperidine rings is 1. The van der Waals surface area contributed by atoms with Gasteiger partial charge in [0.05, 0.1) is 0 Å². The Labute approximate surface area is 251 Å². The first-order valence-electron chi connectivity index (χ1n) is 14.0. The molecule has 3 aromatic rings. The Morgan fingerprint density at radius 1 is 0.744 bits per heavy atom. The van der Waals surface area contributed by atoms with Gasteiger partial charge in [-0.25, -0.2) is 0 Å². The van der Waals surface area contributed by atoms with Gasteiger partial charge in [-0.05, 0) is 98.0 Å². The van der Waals surface area contributed by atoms with Crippen molar-refractivity contribution in [1.29, 1.82) is 0 Å². The number of likely N-dealkylation sites (tertiary alicyclic amines) is 1. The van der Waals surface area contributed by atoms with Crippen LogP contribution >= 0.6 is 36.4 Å². The second-order valence-electron chi connectivity index (χ2n) is 10.9. The first-order chi connectivity index (χ1) is 18.1. The second kappa shape index (κ2) is 15.8. The Morgan fingerprint density at radius 3 is 2.15 bits per heavy atom. The number of nitrogens with zero attached hydrogens (tertiary/aromatic N) is 2. The van der Waals surface area contributed by atoms with Crippen molar-refractivity contribution >= 4 is 42.2 Å². The summed E-state index contributed by atoms with van der Waals surface area (Å²) in [5.41, 5.74) is 6.36. The van der Waals surface area contributed by atoms with Crippen molar-refractivity contribution < 1.29 is 4.79 Å². The molecule has 3 aromatic carbocycles. The molecule has 0 spiro atoms. The minimum atomic E-state index is 0. The summed E-state index contributed by atoms with van der Waals surface area (Å²) in [7, 11) is 0. The number of halogens is 3. The fourth-order valence-corrected chi connectivity index (χ4v) is 6.18. The van der Waals surface area contributed by atoms with E-state index in [0.717, 1.165) is 81.5 Å². The lowest BCUT2D eigenvalue weighted by atomic mass is 9.90. The van der Waals surface area contributed by atoms with Crippen LogP contribution in [0.25, 0.3) is 0 Å². The van der Waals surface area contributed by atoms with Crippen LogP contribution in [0.1, 0.15) is 64.7 Å². The van der Waals surface area contributed by atoms with E-state index in [-0.39, 0.29) is 24.8 Å². The molecule has 0 unspecified atom stereocenters. The molecule has 0 N–H and O–H groups in total. The monoisotopic (exact) mass is 586 g/mol. The summed E-state index contributed by atoms with van der Waals surface area (Å²) in [6.45, 7) is 6.38. The number of hydrogen-bond donors (Lipinski definition) is 0. The number of hydrogen-bond acceptors (Lipinski definition) is 3. The molecular formula is C33H41Cl3N2O. The molecule has 0 aromatic heterocycles. The van der Waals surface area contributed by atoms with Crippen LogP contribution in [0.4, 0.5) is 0 Å². The van der Waals surface area contributed by atoms with Gasteiger partial charge >= 0.3 is 0 Å². The van der Waals surface area contributed by atoms with Crippen molar-refractivity contribution in [2.24, 2.45) is 5.92 Å². The fourth-order valence-electron chi connectivity index (χ4n) is 5.97. The normalized spacial score (nSPS) is 16.4. The molecule has 0 saturated carbocycles. The number of carbonyl (C=O) groups excluding carboxylic acids is 1. The van der Waals surface area contributed by atoms with Gasteiger partial charge in [0.15, 0.2) is 5.78 Å². The van der Waals surface area contributed by atoms with E-state index in [0.29, 0.717) is 12.2 Å². The molecule has 2 aliphatic rings. The zero-order valence-corrected chi connectivity index (χ0v) is 25.1. The number of ketones is 1. The summed E-state index contributed by atoms with van der Waals surface area (Å²) in [5, 5.41) is 0.816. The van der Waals surface area contributed by atoms with E-state index in [1.807, 2.05) is 12.1 Å². The van der Waals surface area contributed by atoms with E-state index in [9.17, 15) is 4.79 Å². The largest absolute Gasteiger partial charge is 0.299 e. The molecule has 2 aliphatic heterocycles. The third kappa shape index (κ3) is 9.33. The Bertz CT molecular complexity index is 1180. The predicted octanol–water partition coefficient (Wildman–Crippen LogP) is 8.05. The second-order valence-corrected chi connectivity index (χ2v) is 11.3. The maximum atomic E-state index is 13.0. The molecule has 5 rings (SSSR count). The van der Waals surface area contributed by atoms with Gasteiger partial charge in [-0.3, -0.25) is 14.6 Å². The predicted molar refractivity (Wildman–Crippen MR) is 168 cm³/mol. The fraction of sp³-hybridized carbons (Fsp3) is 0.424. The molecule has 39 heavy (non-hydrogen) atoms. The Hall–Kier alpha value is -1.88. The molecular weight excluding hydrogens is 547 g/mol.